The van der Waals surface area contributed by atoms with Gasteiger partial charge in [-0.1, -0.05) is 0 Å². The number of hydrogen-bond donors (Lipinski definition) is 0. The molecule has 0 atom stereocenters. The number of rotatable bonds is 2. The predicted octanol–water partition coefficient (Wildman–Crippen LogP) is -1.07. The van der Waals surface area contributed by atoms with Crippen LogP contribution in [0.4, 0.5) is 0 Å². The van der Waals surface area contributed by atoms with Crippen LogP contribution >= 0.6 is 0 Å². The molecular formula is In2O3. The summed E-state index contributed by atoms with van der Waals surface area (Å²) in [5, 5.41) is 0. The van der Waals surface area contributed by atoms with E-state index in [-0.39, 0.29) is 0 Å². The molecular weight excluding hydrogens is 278 g/mol. The van der Waals surface area contributed by atoms with Crippen LogP contribution in [0.15, 0.2) is 0 Å². The molecule has 0 spiro atoms. The van der Waals surface area contributed by atoms with Crippen LogP contribution in [-0.2, 0) is 6.68 Å². The average molecular weight is 278 g/mol. The molecule has 0 radical (unpaired) electrons. The van der Waals surface area contributed by atoms with Gasteiger partial charge in [0, 0.05) is 0 Å². The summed E-state index contributed by atoms with van der Waals surface area (Å²) in [5.41, 5.74) is 0. The van der Waals surface area contributed by atoms with E-state index in [4.69, 9.17) is 0 Å². The van der Waals surface area contributed by atoms with Crippen molar-refractivity contribution >= 4 is 46.7 Å². The zero-order valence-corrected chi connectivity index (χ0v) is 8.97. The van der Waals surface area contributed by atoms with E-state index in [9.17, 15) is 5.71 Å². The van der Waals surface area contributed by atoms with Crippen LogP contribution in [0.3, 0.4) is 0 Å². The van der Waals surface area contributed by atoms with Crippen LogP contribution in [0.5, 0.6) is 0 Å². The maximum absolute atomic E-state index is 9.35. The Morgan fingerprint density at radius 3 is 1.60 bits per heavy atom. The van der Waals surface area contributed by atoms with Gasteiger partial charge in [0.05, 0.1) is 0 Å². The molecule has 24 valence electrons. The third-order valence-corrected chi connectivity index (χ3v) is 5.00. The molecule has 0 saturated heterocycles. The van der Waals surface area contributed by atoms with Gasteiger partial charge in [-0.05, 0) is 0 Å². The van der Waals surface area contributed by atoms with E-state index in [1.165, 1.54) is 0 Å². The van der Waals surface area contributed by atoms with Gasteiger partial charge in [0.1, 0.15) is 0 Å². The molecule has 0 amide bonds. The molecule has 0 aliphatic carbocycles. The predicted molar refractivity (Wildman–Crippen MR) is 14.0 cm³/mol. The Hall–Kier alpha value is 1.14. The van der Waals surface area contributed by atoms with Gasteiger partial charge in [0.15, 0.2) is 0 Å². The summed E-state index contributed by atoms with van der Waals surface area (Å²) in [6.07, 6.45) is 0. The van der Waals surface area contributed by atoms with Crippen LogP contribution in [-0.4, -0.2) is 46.7 Å². The Labute approximate surface area is 52.9 Å². The first-order valence-electron chi connectivity index (χ1n) is 0.943. The average Bonchev–Trinajstić information content (AvgIpc) is 1.41. The Bertz CT molecular complexity index is 34.2. The van der Waals surface area contributed by atoms with Gasteiger partial charge >= 0.3 is 53.4 Å². The molecule has 0 heterocycles. The molecule has 5 heteroatoms. The van der Waals surface area contributed by atoms with E-state index in [0.29, 0.717) is 0 Å². The summed E-state index contributed by atoms with van der Waals surface area (Å²) in [5.74, 6) is 0. The molecule has 0 aromatic rings. The van der Waals surface area contributed by atoms with E-state index >= 15 is 0 Å². The third kappa shape index (κ3) is 5.14. The van der Waals surface area contributed by atoms with Crippen molar-refractivity contribution in [2.45, 2.75) is 0 Å². The molecule has 0 rings (SSSR count). The maximum atomic E-state index is 9.35. The molecule has 0 N–H and O–H groups in total. The monoisotopic (exact) mass is 278 g/mol. The second-order valence-electron chi connectivity index (χ2n) is 0.329. The fourth-order valence-electron chi connectivity index (χ4n) is 0.0227. The van der Waals surface area contributed by atoms with Gasteiger partial charge in [0.25, 0.3) is 0 Å². The summed E-state index contributed by atoms with van der Waals surface area (Å²) in [6, 6.07) is 0. The molecule has 0 aliphatic rings. The normalized spacial score (nSPS) is 4.00. The summed E-state index contributed by atoms with van der Waals surface area (Å²) >= 11 is -3.81. The third-order valence-electron chi connectivity index (χ3n) is 0.111. The Morgan fingerprint density at radius 1 is 1.20 bits per heavy atom. The second kappa shape index (κ2) is 5.14. The van der Waals surface area contributed by atoms with Crippen molar-refractivity contribution in [1.82, 2.24) is 0 Å². The van der Waals surface area contributed by atoms with E-state index < -0.39 is 46.7 Å². The quantitative estimate of drug-likeness (QED) is 0.646. The molecule has 3 nitrogen and oxygen atoms in total. The van der Waals surface area contributed by atoms with Gasteiger partial charge in [-0.3, -0.25) is 0 Å². The summed E-state index contributed by atoms with van der Waals surface area (Å²) in [6.45, 7) is 0. The van der Waals surface area contributed by atoms with E-state index in [0.717, 1.165) is 0 Å². The minimum atomic E-state index is -1.91. The fourth-order valence-corrected chi connectivity index (χ4v) is 1.02. The van der Waals surface area contributed by atoms with Crippen LogP contribution in [0.25, 0.3) is 0 Å². The molecule has 0 aromatic heterocycles. The van der Waals surface area contributed by atoms with E-state index in [1.54, 1.807) is 0 Å². The van der Waals surface area contributed by atoms with Gasteiger partial charge in [-0.15, -0.1) is 0 Å². The van der Waals surface area contributed by atoms with E-state index in [1.807, 2.05) is 0 Å². The van der Waals surface area contributed by atoms with Crippen molar-refractivity contribution < 1.29 is 6.68 Å². The standard InChI is InChI=1S/2In.3O. The van der Waals surface area contributed by atoms with Crippen molar-refractivity contribution in [3.05, 3.63) is 0 Å². The molecule has 0 unspecified atom stereocenters. The summed E-state index contributed by atoms with van der Waals surface area (Å²) in [7, 11) is 0. The molecule has 5 heavy (non-hydrogen) atoms. The van der Waals surface area contributed by atoms with Crippen molar-refractivity contribution in [1.29, 1.82) is 0 Å². The zero-order valence-electron chi connectivity index (χ0n) is 2.38. The Morgan fingerprint density at radius 2 is 1.60 bits per heavy atom. The van der Waals surface area contributed by atoms with Crippen molar-refractivity contribution in [3.8, 4) is 0 Å². The van der Waals surface area contributed by atoms with E-state index in [2.05, 4.69) is 0.972 Å². The van der Waals surface area contributed by atoms with Crippen LogP contribution < -0.4 is 0 Å². The van der Waals surface area contributed by atoms with Crippen LogP contribution in [0.2, 0.25) is 0 Å². The van der Waals surface area contributed by atoms with Gasteiger partial charge in [-0.25, -0.2) is 0 Å². The van der Waals surface area contributed by atoms with Crippen LogP contribution in [0.1, 0.15) is 0 Å². The first-order valence-corrected chi connectivity index (χ1v) is 6.32. The van der Waals surface area contributed by atoms with Gasteiger partial charge < -0.3 is 0 Å². The molecule has 0 fully saturated rings. The summed E-state index contributed by atoms with van der Waals surface area (Å²) in [4.78, 5) is 0. The van der Waals surface area contributed by atoms with Crippen LogP contribution in [0, 0.1) is 0 Å². The fraction of sp³-hybridized carbons (Fsp3) is 0. The first-order chi connectivity index (χ1) is 2.41. The Kier molecular flexibility index (Phi) is 6.31. The summed E-state index contributed by atoms with van der Waals surface area (Å²) < 4.78 is 22.8. The first kappa shape index (κ1) is 6.14. The molecule has 0 aromatic carbocycles. The second-order valence-corrected chi connectivity index (χ2v) is 7.41. The number of hydrogen-bond acceptors (Lipinski definition) is 3. The minimum absolute atomic E-state index is 1.91. The zero-order chi connectivity index (χ0) is 4.12. The topological polar surface area (TPSA) is 43.4 Å². The Balaban J connectivity index is 2.65. The van der Waals surface area contributed by atoms with Crippen molar-refractivity contribution in [3.63, 3.8) is 0 Å². The molecule has 0 saturated carbocycles. The van der Waals surface area contributed by atoms with Crippen molar-refractivity contribution in [2.24, 2.45) is 0 Å². The molecule has 0 bridgehead atoms. The SMILES string of the molecule is [O]=[In][O][In]=[O]. The molecule has 0 aliphatic heterocycles. The van der Waals surface area contributed by atoms with Gasteiger partial charge in [-0.2, -0.15) is 0 Å². The van der Waals surface area contributed by atoms with Crippen molar-refractivity contribution in [2.75, 3.05) is 0 Å². The van der Waals surface area contributed by atoms with Gasteiger partial charge in [0.2, 0.25) is 0 Å².